The molecule has 1 saturated carbocycles. The van der Waals surface area contributed by atoms with Gasteiger partial charge in [0.05, 0.1) is 12.3 Å². The maximum Gasteiger partial charge on any atom is 0.410 e. The number of amides is 1. The molecule has 1 aromatic heterocycles. The predicted octanol–water partition coefficient (Wildman–Crippen LogP) is 2.68. The summed E-state index contributed by atoms with van der Waals surface area (Å²) in [4.78, 5) is 14.2. The van der Waals surface area contributed by atoms with Crippen LogP contribution in [0.4, 0.5) is 4.79 Å². The molecule has 2 aromatic rings. The van der Waals surface area contributed by atoms with Gasteiger partial charge in [-0.15, -0.1) is 5.10 Å². The van der Waals surface area contributed by atoms with Crippen LogP contribution in [-0.2, 0) is 10.3 Å². The van der Waals surface area contributed by atoms with E-state index in [0.29, 0.717) is 37.1 Å². The average Bonchev–Trinajstić information content (AvgIpc) is 3.24. The summed E-state index contributed by atoms with van der Waals surface area (Å²) in [5, 5.41) is 12.5. The van der Waals surface area contributed by atoms with Gasteiger partial charge in [0.2, 0.25) is 0 Å². The Hall–Kier alpha value is -2.84. The maximum absolute atomic E-state index is 12.6. The SMILES string of the molecule is CCOC(=O)N(C)C1(c2nnnn2-c2ccc3c(c2)OCCO3)CCCCC1. The van der Waals surface area contributed by atoms with E-state index in [1.165, 1.54) is 0 Å². The molecule has 1 aromatic carbocycles. The number of carbonyl (C=O) groups is 1. The van der Waals surface area contributed by atoms with Crippen molar-refractivity contribution in [1.29, 1.82) is 0 Å². The van der Waals surface area contributed by atoms with Crippen LogP contribution >= 0.6 is 0 Å². The summed E-state index contributed by atoms with van der Waals surface area (Å²) in [6, 6.07) is 5.63. The summed E-state index contributed by atoms with van der Waals surface area (Å²) in [5.74, 6) is 2.02. The Labute approximate surface area is 163 Å². The molecule has 1 aliphatic carbocycles. The first kappa shape index (κ1) is 18.5. The fraction of sp³-hybridized carbons (Fsp3) is 0.579. The Bertz CT molecular complexity index is 847. The Balaban J connectivity index is 1.75. The van der Waals surface area contributed by atoms with Gasteiger partial charge in [-0.2, -0.15) is 4.68 Å². The lowest BCUT2D eigenvalue weighted by Gasteiger charge is -2.42. The second kappa shape index (κ2) is 7.65. The minimum absolute atomic E-state index is 0.326. The minimum Gasteiger partial charge on any atom is -0.486 e. The van der Waals surface area contributed by atoms with Gasteiger partial charge in [-0.3, -0.25) is 4.90 Å². The molecule has 4 rings (SSSR count). The minimum atomic E-state index is -0.610. The van der Waals surface area contributed by atoms with Gasteiger partial charge < -0.3 is 14.2 Å². The van der Waals surface area contributed by atoms with Gasteiger partial charge in [0.1, 0.15) is 18.8 Å². The topological polar surface area (TPSA) is 91.6 Å². The van der Waals surface area contributed by atoms with Crippen LogP contribution in [0.5, 0.6) is 11.5 Å². The van der Waals surface area contributed by atoms with Crippen molar-refractivity contribution in [2.75, 3.05) is 26.9 Å². The van der Waals surface area contributed by atoms with Crippen molar-refractivity contribution < 1.29 is 19.0 Å². The summed E-state index contributed by atoms with van der Waals surface area (Å²) in [5.41, 5.74) is 0.160. The number of nitrogens with zero attached hydrogens (tertiary/aromatic N) is 5. The fourth-order valence-electron chi connectivity index (χ4n) is 4.06. The van der Waals surface area contributed by atoms with E-state index in [1.807, 2.05) is 18.2 Å². The molecule has 0 bridgehead atoms. The molecular weight excluding hydrogens is 362 g/mol. The van der Waals surface area contributed by atoms with Gasteiger partial charge in [0, 0.05) is 13.1 Å². The van der Waals surface area contributed by atoms with E-state index >= 15 is 0 Å². The normalized spacial score (nSPS) is 17.8. The van der Waals surface area contributed by atoms with Gasteiger partial charge in [-0.1, -0.05) is 19.3 Å². The predicted molar refractivity (Wildman–Crippen MR) is 99.7 cm³/mol. The molecule has 9 heteroatoms. The third-order valence-electron chi connectivity index (χ3n) is 5.52. The lowest BCUT2D eigenvalue weighted by atomic mass is 9.79. The number of carbonyl (C=O) groups excluding carboxylic acids is 1. The Morgan fingerprint density at radius 3 is 2.71 bits per heavy atom. The number of hydrogen-bond acceptors (Lipinski definition) is 7. The molecule has 0 radical (unpaired) electrons. The summed E-state index contributed by atoms with van der Waals surface area (Å²) in [6.45, 7) is 3.18. The molecule has 0 atom stereocenters. The summed E-state index contributed by atoms with van der Waals surface area (Å²) < 4.78 is 18.3. The van der Waals surface area contributed by atoms with Crippen molar-refractivity contribution >= 4 is 6.09 Å². The van der Waals surface area contributed by atoms with Crippen molar-refractivity contribution in [3.8, 4) is 17.2 Å². The van der Waals surface area contributed by atoms with E-state index in [-0.39, 0.29) is 6.09 Å². The number of rotatable bonds is 4. The quantitative estimate of drug-likeness (QED) is 0.796. The molecular formula is C19H25N5O4. The van der Waals surface area contributed by atoms with Gasteiger partial charge in [-0.25, -0.2) is 4.79 Å². The lowest BCUT2D eigenvalue weighted by molar-refractivity contribution is 0.0390. The smallest absolute Gasteiger partial charge is 0.410 e. The van der Waals surface area contributed by atoms with E-state index in [2.05, 4.69) is 15.5 Å². The van der Waals surface area contributed by atoms with E-state index in [1.54, 1.807) is 23.6 Å². The van der Waals surface area contributed by atoms with Crippen molar-refractivity contribution in [3.05, 3.63) is 24.0 Å². The van der Waals surface area contributed by atoms with Gasteiger partial charge >= 0.3 is 6.09 Å². The monoisotopic (exact) mass is 387 g/mol. The second-order valence-corrected chi connectivity index (χ2v) is 7.09. The summed E-state index contributed by atoms with van der Waals surface area (Å²) >= 11 is 0. The third-order valence-corrected chi connectivity index (χ3v) is 5.52. The molecule has 150 valence electrons. The van der Waals surface area contributed by atoms with Crippen LogP contribution in [0.1, 0.15) is 44.9 Å². The third kappa shape index (κ3) is 3.14. The standard InChI is InChI=1S/C19H25N5O4/c1-3-26-18(25)23(2)19(9-5-4-6-10-19)17-20-21-22-24(17)14-7-8-15-16(13-14)28-12-11-27-15/h7-8,13H,3-6,9-12H2,1-2H3. The first-order chi connectivity index (χ1) is 13.7. The number of aromatic nitrogens is 4. The van der Waals surface area contributed by atoms with E-state index < -0.39 is 5.54 Å². The van der Waals surface area contributed by atoms with Gasteiger partial charge in [0.15, 0.2) is 17.3 Å². The fourth-order valence-corrected chi connectivity index (χ4v) is 4.06. The first-order valence-corrected chi connectivity index (χ1v) is 9.75. The summed E-state index contributed by atoms with van der Waals surface area (Å²) in [6.07, 6.45) is 4.33. The van der Waals surface area contributed by atoms with Crippen LogP contribution in [0.25, 0.3) is 5.69 Å². The van der Waals surface area contributed by atoms with E-state index in [0.717, 1.165) is 37.8 Å². The molecule has 28 heavy (non-hydrogen) atoms. The average molecular weight is 387 g/mol. The molecule has 1 aliphatic heterocycles. The zero-order valence-corrected chi connectivity index (χ0v) is 16.3. The number of ether oxygens (including phenoxy) is 3. The molecule has 1 fully saturated rings. The van der Waals surface area contributed by atoms with Crippen molar-refractivity contribution in [2.45, 2.75) is 44.6 Å². The van der Waals surface area contributed by atoms with Crippen LogP contribution in [-0.4, -0.2) is 58.1 Å². The van der Waals surface area contributed by atoms with Crippen LogP contribution < -0.4 is 9.47 Å². The van der Waals surface area contributed by atoms with Gasteiger partial charge in [-0.05, 0) is 42.3 Å². The maximum atomic E-state index is 12.6. The molecule has 1 amide bonds. The molecule has 9 nitrogen and oxygen atoms in total. The number of tetrazole rings is 1. The van der Waals surface area contributed by atoms with E-state index in [9.17, 15) is 4.79 Å². The molecule has 2 heterocycles. The lowest BCUT2D eigenvalue weighted by Crippen LogP contribution is -2.50. The highest BCUT2D eigenvalue weighted by atomic mass is 16.6. The van der Waals surface area contributed by atoms with Crippen LogP contribution in [0.3, 0.4) is 0 Å². The van der Waals surface area contributed by atoms with Crippen LogP contribution in [0.15, 0.2) is 18.2 Å². The van der Waals surface area contributed by atoms with Crippen LogP contribution in [0.2, 0.25) is 0 Å². The molecule has 0 unspecified atom stereocenters. The van der Waals surface area contributed by atoms with Crippen LogP contribution in [0, 0.1) is 0 Å². The van der Waals surface area contributed by atoms with Gasteiger partial charge in [0.25, 0.3) is 0 Å². The van der Waals surface area contributed by atoms with Crippen molar-refractivity contribution in [2.24, 2.45) is 0 Å². The zero-order chi connectivity index (χ0) is 19.6. The highest BCUT2D eigenvalue weighted by Gasteiger charge is 2.45. The molecule has 0 N–H and O–H groups in total. The highest BCUT2D eigenvalue weighted by Crippen LogP contribution is 2.42. The largest absolute Gasteiger partial charge is 0.486 e. The zero-order valence-electron chi connectivity index (χ0n) is 16.3. The number of benzene rings is 1. The second-order valence-electron chi connectivity index (χ2n) is 7.09. The highest BCUT2D eigenvalue weighted by molar-refractivity contribution is 5.68. The van der Waals surface area contributed by atoms with Crippen molar-refractivity contribution in [3.63, 3.8) is 0 Å². The Morgan fingerprint density at radius 2 is 1.96 bits per heavy atom. The van der Waals surface area contributed by atoms with E-state index in [4.69, 9.17) is 14.2 Å². The number of hydrogen-bond donors (Lipinski definition) is 0. The Morgan fingerprint density at radius 1 is 1.21 bits per heavy atom. The Kier molecular flexibility index (Phi) is 5.06. The molecule has 0 spiro atoms. The first-order valence-electron chi connectivity index (χ1n) is 9.75. The number of fused-ring (bicyclic) bond motifs is 1. The summed E-state index contributed by atoms with van der Waals surface area (Å²) in [7, 11) is 1.77. The molecule has 0 saturated heterocycles. The molecule has 2 aliphatic rings. The van der Waals surface area contributed by atoms with Crippen molar-refractivity contribution in [1.82, 2.24) is 25.1 Å².